The normalized spacial score (nSPS) is 14.0. The summed E-state index contributed by atoms with van der Waals surface area (Å²) in [4.78, 5) is 6.85. The van der Waals surface area contributed by atoms with Gasteiger partial charge in [0.15, 0.2) is 5.82 Å². The molecule has 0 spiro atoms. The molecule has 4 rings (SSSR count). The van der Waals surface area contributed by atoms with Crippen LogP contribution in [0.3, 0.4) is 0 Å². The van der Waals surface area contributed by atoms with Crippen LogP contribution in [-0.2, 0) is 6.54 Å². The number of hydrogen-bond donors (Lipinski definition) is 2. The van der Waals surface area contributed by atoms with E-state index in [-0.39, 0.29) is 5.82 Å². The molecule has 0 amide bonds. The predicted octanol–water partition coefficient (Wildman–Crippen LogP) is 4.36. The lowest BCUT2D eigenvalue weighted by molar-refractivity contribution is 0.578. The van der Waals surface area contributed by atoms with Crippen molar-refractivity contribution in [1.29, 1.82) is 0 Å². The van der Waals surface area contributed by atoms with E-state index < -0.39 is 0 Å². The smallest absolute Gasteiger partial charge is 0.249 e. The minimum absolute atomic E-state index is 0.245. The summed E-state index contributed by atoms with van der Waals surface area (Å²) in [6.07, 6.45) is 5.41. The molecule has 1 saturated heterocycles. The van der Waals surface area contributed by atoms with Crippen LogP contribution in [-0.4, -0.2) is 28.3 Å². The fourth-order valence-electron chi connectivity index (χ4n) is 3.27. The molecule has 0 saturated carbocycles. The fourth-order valence-corrected chi connectivity index (χ4v) is 3.27. The highest BCUT2D eigenvalue weighted by molar-refractivity contribution is 5.59. The number of nitrogens with one attached hydrogen (secondary N) is 2. The van der Waals surface area contributed by atoms with Gasteiger partial charge in [0.05, 0.1) is 6.20 Å². The Balaban J connectivity index is 1.36. The molecule has 1 fully saturated rings. The summed E-state index contributed by atoms with van der Waals surface area (Å²) in [6, 6.07) is 14.7. The molecule has 6 nitrogen and oxygen atoms in total. The number of nitrogens with zero attached hydrogens (tertiary/aromatic N) is 4. The number of benzene rings is 2. The van der Waals surface area contributed by atoms with Crippen LogP contribution in [0.25, 0.3) is 0 Å². The molecule has 0 aliphatic carbocycles. The van der Waals surface area contributed by atoms with Gasteiger partial charge >= 0.3 is 0 Å². The Hall–Kier alpha value is -3.22. The highest BCUT2D eigenvalue weighted by Crippen LogP contribution is 2.23. The Bertz CT molecular complexity index is 892. The minimum atomic E-state index is -0.245. The predicted molar refractivity (Wildman–Crippen MR) is 109 cm³/mol. The van der Waals surface area contributed by atoms with Gasteiger partial charge in [-0.05, 0) is 61.2 Å². The highest BCUT2D eigenvalue weighted by atomic mass is 19.1. The summed E-state index contributed by atoms with van der Waals surface area (Å²) in [5.74, 6) is 0.784. The molecule has 0 atom stereocenters. The molecule has 2 N–H and O–H groups in total. The number of piperidine rings is 1. The first-order valence-corrected chi connectivity index (χ1v) is 9.56. The third-order valence-electron chi connectivity index (χ3n) is 4.79. The van der Waals surface area contributed by atoms with Crippen LogP contribution in [0.1, 0.15) is 24.8 Å². The third-order valence-corrected chi connectivity index (χ3v) is 4.79. The van der Waals surface area contributed by atoms with Gasteiger partial charge in [-0.2, -0.15) is 10.1 Å². The van der Waals surface area contributed by atoms with E-state index in [9.17, 15) is 4.39 Å². The second kappa shape index (κ2) is 8.65. The molecule has 1 aliphatic heterocycles. The van der Waals surface area contributed by atoms with Crippen LogP contribution in [0, 0.1) is 5.82 Å². The maximum atomic E-state index is 13.0. The Morgan fingerprint density at radius 3 is 2.43 bits per heavy atom. The first-order chi connectivity index (χ1) is 13.8. The van der Waals surface area contributed by atoms with Crippen molar-refractivity contribution < 1.29 is 4.39 Å². The average Bonchev–Trinajstić information content (AvgIpc) is 2.75. The highest BCUT2D eigenvalue weighted by Gasteiger charge is 2.10. The summed E-state index contributed by atoms with van der Waals surface area (Å²) in [7, 11) is 0. The second-order valence-electron chi connectivity index (χ2n) is 6.86. The first kappa shape index (κ1) is 18.2. The lowest BCUT2D eigenvalue weighted by atomic mass is 10.1. The standard InChI is InChI=1S/C21H23FN6/c22-17-6-4-16(5-7-17)14-23-20-15-24-27-21(26-20)25-18-8-10-19(11-9-18)28-12-2-1-3-13-28/h4-11,15H,1-3,12-14H2,(H2,23,25,26,27). The Morgan fingerprint density at radius 1 is 0.929 bits per heavy atom. The molecule has 7 heteroatoms. The van der Waals surface area contributed by atoms with Crippen LogP contribution in [0.5, 0.6) is 0 Å². The maximum absolute atomic E-state index is 13.0. The topological polar surface area (TPSA) is 66.0 Å². The van der Waals surface area contributed by atoms with Gasteiger partial charge in [-0.3, -0.25) is 0 Å². The van der Waals surface area contributed by atoms with E-state index in [4.69, 9.17) is 0 Å². The van der Waals surface area contributed by atoms with E-state index in [1.807, 2.05) is 12.1 Å². The van der Waals surface area contributed by atoms with Crippen molar-refractivity contribution in [2.75, 3.05) is 28.6 Å². The Kier molecular flexibility index (Phi) is 5.61. The number of anilines is 4. The second-order valence-corrected chi connectivity index (χ2v) is 6.86. The van der Waals surface area contributed by atoms with Crippen molar-refractivity contribution >= 4 is 23.1 Å². The van der Waals surface area contributed by atoms with E-state index in [1.165, 1.54) is 37.1 Å². The summed E-state index contributed by atoms with van der Waals surface area (Å²) in [5.41, 5.74) is 3.13. The molecule has 1 aliphatic rings. The zero-order valence-corrected chi connectivity index (χ0v) is 15.6. The van der Waals surface area contributed by atoms with Crippen LogP contribution in [0.4, 0.5) is 27.5 Å². The van der Waals surface area contributed by atoms with Gasteiger partial charge in [-0.25, -0.2) is 4.39 Å². The SMILES string of the molecule is Fc1ccc(CNc2cnnc(Nc3ccc(N4CCCCC4)cc3)n2)cc1. The summed E-state index contributed by atoms with van der Waals surface area (Å²) >= 11 is 0. The third kappa shape index (κ3) is 4.73. The lowest BCUT2D eigenvalue weighted by Gasteiger charge is -2.28. The van der Waals surface area contributed by atoms with Gasteiger partial charge < -0.3 is 15.5 Å². The largest absolute Gasteiger partial charge is 0.372 e. The van der Waals surface area contributed by atoms with Crippen molar-refractivity contribution in [2.24, 2.45) is 0 Å². The van der Waals surface area contributed by atoms with Crippen molar-refractivity contribution in [3.8, 4) is 0 Å². The molecule has 2 heterocycles. The molecule has 28 heavy (non-hydrogen) atoms. The first-order valence-electron chi connectivity index (χ1n) is 9.56. The summed E-state index contributed by atoms with van der Waals surface area (Å²) < 4.78 is 13.0. The van der Waals surface area contributed by atoms with Crippen LogP contribution >= 0.6 is 0 Å². The quantitative estimate of drug-likeness (QED) is 0.665. The molecule has 0 unspecified atom stereocenters. The summed E-state index contributed by atoms with van der Waals surface area (Å²) in [6.45, 7) is 2.78. The molecule has 3 aromatic rings. The van der Waals surface area contributed by atoms with E-state index in [1.54, 1.807) is 18.3 Å². The van der Waals surface area contributed by atoms with Gasteiger partial charge in [0.25, 0.3) is 0 Å². The van der Waals surface area contributed by atoms with E-state index in [0.29, 0.717) is 18.3 Å². The van der Waals surface area contributed by atoms with E-state index in [2.05, 4.69) is 42.8 Å². The number of rotatable bonds is 6. The molecule has 144 valence electrons. The van der Waals surface area contributed by atoms with Gasteiger partial charge in [-0.1, -0.05) is 12.1 Å². The van der Waals surface area contributed by atoms with Gasteiger partial charge in [0, 0.05) is 31.0 Å². The Morgan fingerprint density at radius 2 is 1.68 bits per heavy atom. The molecular weight excluding hydrogens is 355 g/mol. The van der Waals surface area contributed by atoms with Crippen molar-refractivity contribution in [2.45, 2.75) is 25.8 Å². The molecular formula is C21H23FN6. The van der Waals surface area contributed by atoms with Gasteiger partial charge in [-0.15, -0.1) is 5.10 Å². The summed E-state index contributed by atoms with van der Waals surface area (Å²) in [5, 5.41) is 14.4. The molecule has 0 bridgehead atoms. The van der Waals surface area contributed by atoms with Crippen molar-refractivity contribution in [3.05, 3.63) is 66.1 Å². The monoisotopic (exact) mass is 378 g/mol. The van der Waals surface area contributed by atoms with E-state index in [0.717, 1.165) is 24.3 Å². The zero-order chi connectivity index (χ0) is 19.2. The minimum Gasteiger partial charge on any atom is -0.372 e. The fraction of sp³-hybridized carbons (Fsp3) is 0.286. The number of hydrogen-bond acceptors (Lipinski definition) is 6. The number of aromatic nitrogens is 3. The van der Waals surface area contributed by atoms with Crippen LogP contribution in [0.15, 0.2) is 54.7 Å². The average molecular weight is 378 g/mol. The molecule has 2 aromatic carbocycles. The zero-order valence-electron chi connectivity index (χ0n) is 15.6. The number of halogens is 1. The van der Waals surface area contributed by atoms with Crippen molar-refractivity contribution in [3.63, 3.8) is 0 Å². The Labute approximate surface area is 163 Å². The van der Waals surface area contributed by atoms with Gasteiger partial charge in [0.1, 0.15) is 5.82 Å². The lowest BCUT2D eigenvalue weighted by Crippen LogP contribution is -2.29. The van der Waals surface area contributed by atoms with Crippen molar-refractivity contribution in [1.82, 2.24) is 15.2 Å². The molecule has 1 aromatic heterocycles. The maximum Gasteiger partial charge on any atom is 0.249 e. The van der Waals surface area contributed by atoms with Gasteiger partial charge in [0.2, 0.25) is 5.95 Å². The van der Waals surface area contributed by atoms with Crippen LogP contribution in [0.2, 0.25) is 0 Å². The molecule has 0 radical (unpaired) electrons. The van der Waals surface area contributed by atoms with E-state index >= 15 is 0 Å². The van der Waals surface area contributed by atoms with Crippen LogP contribution < -0.4 is 15.5 Å².